The minimum atomic E-state index is -2.17. The van der Waals surface area contributed by atoms with Crippen LogP contribution in [-0.4, -0.2) is 60.3 Å². The predicted molar refractivity (Wildman–Crippen MR) is 114 cm³/mol. The molecule has 0 saturated heterocycles. The molecule has 7 nitrogen and oxygen atoms in total. The van der Waals surface area contributed by atoms with Crippen LogP contribution in [0.1, 0.15) is 35.3 Å². The van der Waals surface area contributed by atoms with Crippen LogP contribution >= 0.6 is 11.6 Å². The van der Waals surface area contributed by atoms with Gasteiger partial charge in [-0.05, 0) is 31.3 Å². The van der Waals surface area contributed by atoms with Gasteiger partial charge in [0, 0.05) is 24.2 Å². The zero-order valence-electron chi connectivity index (χ0n) is 17.2. The Bertz CT molecular complexity index is 976. The molecule has 2 aromatic carbocycles. The summed E-state index contributed by atoms with van der Waals surface area (Å²) in [4.78, 5) is 29.2. The van der Waals surface area contributed by atoms with Crippen molar-refractivity contribution in [2.45, 2.75) is 19.4 Å². The number of likely N-dealkylation sites (N-methyl/N-ethyl adjacent to an activating group) is 1. The molecule has 0 bridgehead atoms. The van der Waals surface area contributed by atoms with E-state index in [-0.39, 0.29) is 34.0 Å². The standard InChI is InChI=1S/C22H25ClN2O5/c1-4-24(5-2)10-11-25-17-13-14(20(27)30-3)12-16(23)19(17)22(29,21(25)28)15-8-6-7-9-18(15)26/h6-9,12-13,26,29H,4-5,10-11H2,1-3H3. The van der Waals surface area contributed by atoms with Crippen molar-refractivity contribution >= 4 is 29.2 Å². The van der Waals surface area contributed by atoms with E-state index >= 15 is 0 Å². The number of hydrogen-bond acceptors (Lipinski definition) is 6. The first-order chi connectivity index (χ1) is 14.3. The lowest BCUT2D eigenvalue weighted by atomic mass is 9.86. The second-order valence-electron chi connectivity index (χ2n) is 7.06. The van der Waals surface area contributed by atoms with Gasteiger partial charge in [0.25, 0.3) is 5.91 Å². The van der Waals surface area contributed by atoms with Crippen LogP contribution < -0.4 is 4.90 Å². The number of fused-ring (bicyclic) bond motifs is 1. The predicted octanol–water partition coefficient (Wildman–Crippen LogP) is 2.76. The molecule has 1 atom stereocenters. The number of carbonyl (C=O) groups excluding carboxylic acids is 2. The topological polar surface area (TPSA) is 90.3 Å². The van der Waals surface area contributed by atoms with Crippen LogP contribution in [0, 0.1) is 0 Å². The van der Waals surface area contributed by atoms with Gasteiger partial charge in [0.1, 0.15) is 5.75 Å². The number of carbonyl (C=O) groups is 2. The van der Waals surface area contributed by atoms with Crippen LogP contribution in [0.3, 0.4) is 0 Å². The van der Waals surface area contributed by atoms with Crippen LogP contribution in [0.2, 0.25) is 5.02 Å². The lowest BCUT2D eigenvalue weighted by Crippen LogP contribution is -2.44. The van der Waals surface area contributed by atoms with Crippen molar-refractivity contribution in [2.24, 2.45) is 0 Å². The van der Waals surface area contributed by atoms with Gasteiger partial charge in [-0.1, -0.05) is 43.6 Å². The normalized spacial score (nSPS) is 18.1. The summed E-state index contributed by atoms with van der Waals surface area (Å²) in [5, 5.41) is 22.0. The maximum atomic E-state index is 13.5. The summed E-state index contributed by atoms with van der Waals surface area (Å²) >= 11 is 6.47. The minimum Gasteiger partial charge on any atom is -0.508 e. The van der Waals surface area contributed by atoms with E-state index in [1.54, 1.807) is 12.1 Å². The fourth-order valence-electron chi connectivity index (χ4n) is 3.84. The number of rotatable bonds is 7. The molecule has 0 aromatic heterocycles. The summed E-state index contributed by atoms with van der Waals surface area (Å²) in [6.07, 6.45) is 0. The van der Waals surface area contributed by atoms with Crippen LogP contribution in [0.5, 0.6) is 5.75 Å². The molecule has 3 rings (SSSR count). The summed E-state index contributed by atoms with van der Waals surface area (Å²) in [6.45, 7) is 6.50. The Kier molecular flexibility index (Phi) is 6.36. The smallest absolute Gasteiger partial charge is 0.337 e. The molecule has 8 heteroatoms. The second-order valence-corrected chi connectivity index (χ2v) is 7.46. The zero-order chi connectivity index (χ0) is 22.1. The van der Waals surface area contributed by atoms with Crippen molar-refractivity contribution in [2.75, 3.05) is 38.2 Å². The van der Waals surface area contributed by atoms with Gasteiger partial charge in [-0.25, -0.2) is 4.79 Å². The number of amides is 1. The first kappa shape index (κ1) is 22.1. The van der Waals surface area contributed by atoms with E-state index in [0.717, 1.165) is 13.1 Å². The largest absolute Gasteiger partial charge is 0.508 e. The van der Waals surface area contributed by atoms with Crippen LogP contribution in [0.15, 0.2) is 36.4 Å². The Balaban J connectivity index is 2.19. The zero-order valence-corrected chi connectivity index (χ0v) is 17.9. The number of anilines is 1. The molecule has 0 spiro atoms. The van der Waals surface area contributed by atoms with Crippen LogP contribution in [0.25, 0.3) is 0 Å². The van der Waals surface area contributed by atoms with E-state index < -0.39 is 17.5 Å². The molecule has 0 aliphatic carbocycles. The molecule has 0 fully saturated rings. The average molecular weight is 433 g/mol. The quantitative estimate of drug-likeness (QED) is 0.654. The van der Waals surface area contributed by atoms with Gasteiger partial charge in [0.15, 0.2) is 0 Å². The maximum Gasteiger partial charge on any atom is 0.337 e. The highest BCUT2D eigenvalue weighted by Gasteiger charge is 2.53. The van der Waals surface area contributed by atoms with Crippen molar-refractivity contribution in [1.29, 1.82) is 0 Å². The molecule has 1 unspecified atom stereocenters. The van der Waals surface area contributed by atoms with Gasteiger partial charge in [0.2, 0.25) is 5.60 Å². The molecular weight excluding hydrogens is 408 g/mol. The van der Waals surface area contributed by atoms with Gasteiger partial charge in [-0.15, -0.1) is 0 Å². The van der Waals surface area contributed by atoms with E-state index in [4.69, 9.17) is 16.3 Å². The van der Waals surface area contributed by atoms with E-state index in [1.165, 1.54) is 36.3 Å². The van der Waals surface area contributed by atoms with E-state index in [1.807, 2.05) is 13.8 Å². The number of para-hydroxylation sites is 1. The molecule has 0 saturated carbocycles. The van der Waals surface area contributed by atoms with Crippen molar-refractivity contribution in [3.8, 4) is 5.75 Å². The summed E-state index contributed by atoms with van der Waals surface area (Å²) in [6, 6.07) is 8.95. The number of benzene rings is 2. The van der Waals surface area contributed by atoms with E-state index in [9.17, 15) is 19.8 Å². The van der Waals surface area contributed by atoms with Gasteiger partial charge in [-0.2, -0.15) is 0 Å². The highest BCUT2D eigenvalue weighted by molar-refractivity contribution is 6.33. The van der Waals surface area contributed by atoms with Crippen molar-refractivity contribution < 1.29 is 24.5 Å². The van der Waals surface area contributed by atoms with Crippen molar-refractivity contribution in [3.05, 3.63) is 58.1 Å². The molecule has 2 N–H and O–H groups in total. The number of ether oxygens (including phenoxy) is 1. The highest BCUT2D eigenvalue weighted by atomic mass is 35.5. The number of hydrogen-bond donors (Lipinski definition) is 2. The van der Waals surface area contributed by atoms with Crippen LogP contribution in [0.4, 0.5) is 5.69 Å². The summed E-state index contributed by atoms with van der Waals surface area (Å²) in [5.74, 6) is -1.46. The SMILES string of the molecule is CCN(CC)CCN1C(=O)C(O)(c2ccccc2O)c2c(Cl)cc(C(=O)OC)cc21. The lowest BCUT2D eigenvalue weighted by molar-refractivity contribution is -0.132. The fourth-order valence-corrected chi connectivity index (χ4v) is 4.19. The second kappa shape index (κ2) is 8.63. The third kappa shape index (κ3) is 3.53. The third-order valence-electron chi connectivity index (χ3n) is 5.53. The van der Waals surface area contributed by atoms with Gasteiger partial charge >= 0.3 is 5.97 Å². The third-order valence-corrected chi connectivity index (χ3v) is 5.82. The first-order valence-corrected chi connectivity index (χ1v) is 10.1. The Morgan fingerprint density at radius 1 is 1.23 bits per heavy atom. The van der Waals surface area contributed by atoms with Crippen molar-refractivity contribution in [3.63, 3.8) is 0 Å². The first-order valence-electron chi connectivity index (χ1n) is 9.77. The molecule has 160 valence electrons. The Labute approximate surface area is 180 Å². The molecule has 0 radical (unpaired) electrons. The number of methoxy groups -OCH3 is 1. The molecule has 30 heavy (non-hydrogen) atoms. The summed E-state index contributed by atoms with van der Waals surface area (Å²) in [7, 11) is 1.26. The molecule has 1 aliphatic rings. The fraction of sp³-hybridized carbons (Fsp3) is 0.364. The number of aliphatic hydroxyl groups is 1. The number of aromatic hydroxyl groups is 1. The number of phenolic OH excluding ortho intramolecular Hbond substituents is 1. The lowest BCUT2D eigenvalue weighted by Gasteiger charge is -2.26. The number of nitrogens with zero attached hydrogens (tertiary/aromatic N) is 2. The maximum absolute atomic E-state index is 13.5. The Hall–Kier alpha value is -2.61. The highest BCUT2D eigenvalue weighted by Crippen LogP contribution is 2.50. The Morgan fingerprint density at radius 3 is 2.50 bits per heavy atom. The summed E-state index contributed by atoms with van der Waals surface area (Å²) in [5.41, 5.74) is -1.50. The monoisotopic (exact) mass is 432 g/mol. The van der Waals surface area contributed by atoms with Gasteiger partial charge in [0.05, 0.1) is 23.4 Å². The number of halogens is 1. The van der Waals surface area contributed by atoms with Crippen LogP contribution in [-0.2, 0) is 15.1 Å². The number of phenols is 1. The molecule has 1 aliphatic heterocycles. The van der Waals surface area contributed by atoms with E-state index in [2.05, 4.69) is 4.90 Å². The molecule has 2 aromatic rings. The van der Waals surface area contributed by atoms with Gasteiger partial charge in [-0.3, -0.25) is 4.79 Å². The molecule has 1 heterocycles. The number of esters is 1. The Morgan fingerprint density at radius 2 is 1.90 bits per heavy atom. The minimum absolute atomic E-state index is 0.0364. The van der Waals surface area contributed by atoms with E-state index in [0.29, 0.717) is 12.2 Å². The van der Waals surface area contributed by atoms with Gasteiger partial charge < -0.3 is 24.7 Å². The molecular formula is C22H25ClN2O5. The van der Waals surface area contributed by atoms with Crippen molar-refractivity contribution in [1.82, 2.24) is 4.90 Å². The summed E-state index contributed by atoms with van der Waals surface area (Å²) < 4.78 is 4.79. The molecule has 1 amide bonds. The average Bonchev–Trinajstić information content (AvgIpc) is 2.96.